The van der Waals surface area contributed by atoms with E-state index in [9.17, 15) is 0 Å². The highest BCUT2D eigenvalue weighted by molar-refractivity contribution is 5.79. The molecule has 0 bridgehead atoms. The zero-order chi connectivity index (χ0) is 23.1. The Morgan fingerprint density at radius 2 is 1.94 bits per heavy atom. The highest BCUT2D eigenvalue weighted by Crippen LogP contribution is 2.26. The summed E-state index contributed by atoms with van der Waals surface area (Å²) in [6.07, 6.45) is 1.93. The van der Waals surface area contributed by atoms with Gasteiger partial charge in [-0.15, -0.1) is 0 Å². The van der Waals surface area contributed by atoms with Crippen LogP contribution >= 0.6 is 0 Å². The first-order valence-electron chi connectivity index (χ1n) is 11.6. The van der Waals surface area contributed by atoms with Gasteiger partial charge in [-0.2, -0.15) is 4.98 Å². The van der Waals surface area contributed by atoms with E-state index in [1.807, 2.05) is 13.8 Å². The molecule has 1 aromatic carbocycles. The summed E-state index contributed by atoms with van der Waals surface area (Å²) in [5, 5.41) is 10.8. The summed E-state index contributed by atoms with van der Waals surface area (Å²) in [6.45, 7) is 13.7. The van der Waals surface area contributed by atoms with Gasteiger partial charge >= 0.3 is 0 Å². The third-order valence-corrected chi connectivity index (χ3v) is 5.83. The van der Waals surface area contributed by atoms with Crippen LogP contribution in [-0.2, 0) is 16.7 Å². The number of hydrogen-bond acceptors (Lipinski definition) is 6. The molecule has 0 spiro atoms. The SMILES string of the molecule is CCOC(C)c1noc(CNC(=NC)NC2CCN(c3ccc(C(C)(C)C)cc3)CC2)n1. The van der Waals surface area contributed by atoms with Crippen molar-refractivity contribution in [2.24, 2.45) is 4.99 Å². The Morgan fingerprint density at radius 1 is 1.25 bits per heavy atom. The topological polar surface area (TPSA) is 87.8 Å². The van der Waals surface area contributed by atoms with Crippen molar-refractivity contribution in [2.75, 3.05) is 31.6 Å². The minimum Gasteiger partial charge on any atom is -0.371 e. The van der Waals surface area contributed by atoms with Crippen molar-refractivity contribution in [3.05, 3.63) is 41.5 Å². The maximum atomic E-state index is 5.50. The monoisotopic (exact) mass is 442 g/mol. The zero-order valence-corrected chi connectivity index (χ0v) is 20.3. The Kier molecular flexibility index (Phi) is 8.12. The van der Waals surface area contributed by atoms with Crippen LogP contribution in [0.25, 0.3) is 0 Å². The standard InChI is InChI=1S/C24H38N6O2/c1-7-31-17(2)22-28-21(32-29-22)16-26-23(25-6)27-19-12-14-30(15-13-19)20-10-8-18(9-11-20)24(3,4)5/h8-11,17,19H,7,12-16H2,1-6H3,(H2,25,26,27). The summed E-state index contributed by atoms with van der Waals surface area (Å²) in [4.78, 5) is 11.2. The molecule has 1 aromatic heterocycles. The maximum Gasteiger partial charge on any atom is 0.246 e. The van der Waals surface area contributed by atoms with E-state index in [0.29, 0.717) is 30.9 Å². The summed E-state index contributed by atoms with van der Waals surface area (Å²) in [6, 6.07) is 9.38. The van der Waals surface area contributed by atoms with Crippen molar-refractivity contribution < 1.29 is 9.26 Å². The molecule has 1 aliphatic heterocycles. The summed E-state index contributed by atoms with van der Waals surface area (Å²) >= 11 is 0. The Morgan fingerprint density at radius 3 is 2.53 bits per heavy atom. The molecule has 8 nitrogen and oxygen atoms in total. The molecule has 0 aliphatic carbocycles. The largest absolute Gasteiger partial charge is 0.371 e. The first kappa shape index (κ1) is 24.0. The number of anilines is 1. The van der Waals surface area contributed by atoms with Crippen LogP contribution in [0.15, 0.2) is 33.8 Å². The third-order valence-electron chi connectivity index (χ3n) is 5.83. The van der Waals surface area contributed by atoms with Gasteiger partial charge in [0.2, 0.25) is 5.89 Å². The van der Waals surface area contributed by atoms with Gasteiger partial charge in [0.25, 0.3) is 0 Å². The van der Waals surface area contributed by atoms with Crippen LogP contribution in [0.5, 0.6) is 0 Å². The number of ether oxygens (including phenoxy) is 1. The van der Waals surface area contributed by atoms with Crippen LogP contribution < -0.4 is 15.5 Å². The van der Waals surface area contributed by atoms with Crippen molar-refractivity contribution in [1.82, 2.24) is 20.8 Å². The molecule has 2 N–H and O–H groups in total. The van der Waals surface area contributed by atoms with Gasteiger partial charge in [0.05, 0.1) is 6.54 Å². The van der Waals surface area contributed by atoms with Gasteiger partial charge in [-0.1, -0.05) is 38.1 Å². The molecule has 1 aliphatic rings. The molecule has 2 aromatic rings. The van der Waals surface area contributed by atoms with Gasteiger partial charge in [0.1, 0.15) is 6.10 Å². The number of guanidine groups is 1. The van der Waals surface area contributed by atoms with E-state index in [-0.39, 0.29) is 11.5 Å². The van der Waals surface area contributed by atoms with Crippen LogP contribution in [0.3, 0.4) is 0 Å². The zero-order valence-electron chi connectivity index (χ0n) is 20.3. The predicted octanol–water partition coefficient (Wildman–Crippen LogP) is 3.80. The quantitative estimate of drug-likeness (QED) is 0.498. The Bertz CT molecular complexity index is 863. The van der Waals surface area contributed by atoms with Gasteiger partial charge in [-0.05, 0) is 49.8 Å². The van der Waals surface area contributed by atoms with Crippen molar-refractivity contribution in [2.45, 2.75) is 71.6 Å². The molecule has 3 rings (SSSR count). The number of nitrogens with zero attached hydrogens (tertiary/aromatic N) is 4. The first-order valence-corrected chi connectivity index (χ1v) is 11.6. The summed E-state index contributed by atoms with van der Waals surface area (Å²) in [7, 11) is 1.78. The van der Waals surface area contributed by atoms with Crippen molar-refractivity contribution >= 4 is 11.6 Å². The van der Waals surface area contributed by atoms with E-state index in [1.165, 1.54) is 11.3 Å². The van der Waals surface area contributed by atoms with Gasteiger partial charge in [-0.3, -0.25) is 4.99 Å². The molecular formula is C24H38N6O2. The number of hydrogen-bond donors (Lipinski definition) is 2. The molecule has 1 unspecified atom stereocenters. The number of aliphatic imine (C=N–C) groups is 1. The lowest BCUT2D eigenvalue weighted by molar-refractivity contribution is 0.0683. The fourth-order valence-corrected chi connectivity index (χ4v) is 3.83. The predicted molar refractivity (Wildman–Crippen MR) is 128 cm³/mol. The van der Waals surface area contributed by atoms with Crippen LogP contribution in [0.1, 0.15) is 70.8 Å². The molecule has 1 atom stereocenters. The second-order valence-electron chi connectivity index (χ2n) is 9.27. The summed E-state index contributed by atoms with van der Waals surface area (Å²) in [5.41, 5.74) is 2.85. The number of piperidine rings is 1. The van der Waals surface area contributed by atoms with Crippen LogP contribution in [0.2, 0.25) is 0 Å². The lowest BCUT2D eigenvalue weighted by Gasteiger charge is -2.35. The molecule has 0 saturated carbocycles. The second-order valence-corrected chi connectivity index (χ2v) is 9.27. The molecule has 0 amide bonds. The molecule has 32 heavy (non-hydrogen) atoms. The number of nitrogens with one attached hydrogen (secondary N) is 2. The van der Waals surface area contributed by atoms with Crippen LogP contribution in [0.4, 0.5) is 5.69 Å². The number of aromatic nitrogens is 2. The molecule has 1 fully saturated rings. The van der Waals surface area contributed by atoms with Gasteiger partial charge in [0.15, 0.2) is 11.8 Å². The van der Waals surface area contributed by atoms with Gasteiger partial charge in [0, 0.05) is 38.5 Å². The van der Waals surface area contributed by atoms with Crippen LogP contribution in [0, 0.1) is 0 Å². The molecule has 1 saturated heterocycles. The first-order chi connectivity index (χ1) is 15.3. The van der Waals surface area contributed by atoms with E-state index in [4.69, 9.17) is 9.26 Å². The normalized spacial score (nSPS) is 16.8. The molecule has 8 heteroatoms. The second kappa shape index (κ2) is 10.8. The van der Waals surface area contributed by atoms with E-state index in [0.717, 1.165) is 31.9 Å². The minimum atomic E-state index is -0.176. The molecule has 0 radical (unpaired) electrons. The Labute approximate surface area is 191 Å². The maximum absolute atomic E-state index is 5.50. The summed E-state index contributed by atoms with van der Waals surface area (Å²) in [5.74, 6) is 1.83. The third kappa shape index (κ3) is 6.45. The lowest BCUT2D eigenvalue weighted by atomic mass is 9.87. The lowest BCUT2D eigenvalue weighted by Crippen LogP contribution is -2.48. The number of benzene rings is 1. The van der Waals surface area contributed by atoms with E-state index in [2.05, 4.69) is 75.7 Å². The van der Waals surface area contributed by atoms with Gasteiger partial charge in [-0.25, -0.2) is 0 Å². The summed E-state index contributed by atoms with van der Waals surface area (Å²) < 4.78 is 10.8. The van der Waals surface area contributed by atoms with Crippen molar-refractivity contribution in [3.63, 3.8) is 0 Å². The smallest absolute Gasteiger partial charge is 0.246 e. The van der Waals surface area contributed by atoms with Crippen molar-refractivity contribution in [1.29, 1.82) is 0 Å². The fourth-order valence-electron chi connectivity index (χ4n) is 3.83. The highest BCUT2D eigenvalue weighted by atomic mass is 16.5. The van der Waals surface area contributed by atoms with Crippen molar-refractivity contribution in [3.8, 4) is 0 Å². The average Bonchev–Trinajstić information content (AvgIpc) is 3.26. The van der Waals surface area contributed by atoms with Gasteiger partial charge < -0.3 is 24.8 Å². The highest BCUT2D eigenvalue weighted by Gasteiger charge is 2.21. The number of rotatable bonds is 7. The molecule has 176 valence electrons. The van der Waals surface area contributed by atoms with Crippen LogP contribution in [-0.4, -0.2) is 48.9 Å². The van der Waals surface area contributed by atoms with E-state index in [1.54, 1.807) is 7.05 Å². The fraction of sp³-hybridized carbons (Fsp3) is 0.625. The average molecular weight is 443 g/mol. The van der Waals surface area contributed by atoms with E-state index >= 15 is 0 Å². The minimum absolute atomic E-state index is 0.176. The Balaban J connectivity index is 1.45. The Hall–Kier alpha value is -2.61. The molecular weight excluding hydrogens is 404 g/mol. The van der Waals surface area contributed by atoms with E-state index < -0.39 is 0 Å². The molecule has 2 heterocycles.